The number of nitrogens with zero attached hydrogens (tertiary/aromatic N) is 2. The molecule has 2 aromatic rings. The molecular formula is C12H14ClN3O. The number of halogens is 1. The summed E-state index contributed by atoms with van der Waals surface area (Å²) in [5.74, 6) is 1.14. The highest BCUT2D eigenvalue weighted by Crippen LogP contribution is 2.08. The lowest BCUT2D eigenvalue weighted by Crippen LogP contribution is -2.04. The molecule has 1 aromatic carbocycles. The summed E-state index contributed by atoms with van der Waals surface area (Å²) < 4.78 is 5.53. The zero-order valence-corrected chi connectivity index (χ0v) is 10.1. The maximum absolute atomic E-state index is 5.53. The number of hydrogen-bond acceptors (Lipinski definition) is 4. The molecule has 0 bridgehead atoms. The molecular weight excluding hydrogens is 238 g/mol. The predicted octanol–water partition coefficient (Wildman–Crippen LogP) is 1.94. The van der Waals surface area contributed by atoms with Crippen molar-refractivity contribution in [1.29, 1.82) is 0 Å². The average molecular weight is 252 g/mol. The van der Waals surface area contributed by atoms with Crippen LogP contribution in [0.2, 0.25) is 0 Å². The topological polar surface area (TPSA) is 61.0 Å². The number of aromatic nitrogens is 2. The van der Waals surface area contributed by atoms with Gasteiger partial charge in [0.1, 0.15) is 12.4 Å². The van der Waals surface area contributed by atoms with Crippen LogP contribution in [-0.2, 0) is 13.2 Å². The van der Waals surface area contributed by atoms with E-state index in [1.807, 2.05) is 30.3 Å². The quantitative estimate of drug-likeness (QED) is 0.902. The highest BCUT2D eigenvalue weighted by atomic mass is 35.5. The van der Waals surface area contributed by atoms with E-state index in [0.29, 0.717) is 24.9 Å². The summed E-state index contributed by atoms with van der Waals surface area (Å²) in [7, 11) is 0. The van der Waals surface area contributed by atoms with Gasteiger partial charge in [-0.25, -0.2) is 4.98 Å². The first-order valence-corrected chi connectivity index (χ1v) is 5.07. The summed E-state index contributed by atoms with van der Waals surface area (Å²) in [6.45, 7) is 0.824. The molecule has 0 unspecified atom stereocenters. The highest BCUT2D eigenvalue weighted by molar-refractivity contribution is 5.85. The van der Waals surface area contributed by atoms with Gasteiger partial charge in [0.05, 0.1) is 6.54 Å². The largest absolute Gasteiger partial charge is 0.473 e. The predicted molar refractivity (Wildman–Crippen MR) is 67.9 cm³/mol. The summed E-state index contributed by atoms with van der Waals surface area (Å²) in [5, 5.41) is 0. The van der Waals surface area contributed by atoms with Crippen molar-refractivity contribution in [2.24, 2.45) is 5.73 Å². The van der Waals surface area contributed by atoms with Crippen molar-refractivity contribution in [2.75, 3.05) is 0 Å². The Morgan fingerprint density at radius 3 is 2.59 bits per heavy atom. The molecule has 5 heteroatoms. The monoisotopic (exact) mass is 251 g/mol. The third-order valence-corrected chi connectivity index (χ3v) is 2.09. The Labute approximate surface area is 106 Å². The zero-order valence-electron chi connectivity index (χ0n) is 9.24. The number of nitrogens with two attached hydrogens (primary N) is 1. The molecule has 2 N–H and O–H groups in total. The Bertz CT molecular complexity index is 451. The molecule has 0 aliphatic heterocycles. The molecule has 2 rings (SSSR count). The van der Waals surface area contributed by atoms with E-state index >= 15 is 0 Å². The Morgan fingerprint density at radius 2 is 1.88 bits per heavy atom. The molecule has 0 saturated heterocycles. The van der Waals surface area contributed by atoms with Crippen LogP contribution in [0.15, 0.2) is 42.6 Å². The fourth-order valence-corrected chi connectivity index (χ4v) is 1.29. The molecule has 4 nitrogen and oxygen atoms in total. The molecule has 0 radical (unpaired) electrons. The first kappa shape index (κ1) is 13.4. The molecule has 0 aliphatic carbocycles. The lowest BCUT2D eigenvalue weighted by molar-refractivity contribution is 0.292. The van der Waals surface area contributed by atoms with E-state index in [-0.39, 0.29) is 12.4 Å². The lowest BCUT2D eigenvalue weighted by Gasteiger charge is -2.05. The normalized spacial score (nSPS) is 9.47. The summed E-state index contributed by atoms with van der Waals surface area (Å²) in [6, 6.07) is 11.7. The highest BCUT2D eigenvalue weighted by Gasteiger charge is 1.98. The molecule has 0 aliphatic rings. The van der Waals surface area contributed by atoms with Crippen LogP contribution in [-0.4, -0.2) is 9.97 Å². The van der Waals surface area contributed by atoms with Gasteiger partial charge >= 0.3 is 0 Å². The van der Waals surface area contributed by atoms with E-state index in [1.54, 1.807) is 12.3 Å². The number of rotatable bonds is 4. The van der Waals surface area contributed by atoms with Crippen LogP contribution in [0.5, 0.6) is 5.88 Å². The van der Waals surface area contributed by atoms with Crippen LogP contribution in [0.25, 0.3) is 0 Å². The van der Waals surface area contributed by atoms with E-state index in [4.69, 9.17) is 10.5 Å². The molecule has 0 amide bonds. The van der Waals surface area contributed by atoms with Gasteiger partial charge in [-0.15, -0.1) is 12.4 Å². The van der Waals surface area contributed by atoms with Crippen molar-refractivity contribution in [3.05, 3.63) is 54.0 Å². The standard InChI is InChI=1S/C12H13N3O.ClH/c13-8-11-14-7-6-12(15-11)16-9-10-4-2-1-3-5-10;/h1-7H,8-9,13H2;1H. The van der Waals surface area contributed by atoms with E-state index in [0.717, 1.165) is 5.56 Å². The van der Waals surface area contributed by atoms with Gasteiger partial charge in [-0.05, 0) is 5.56 Å². The van der Waals surface area contributed by atoms with Crippen LogP contribution in [0, 0.1) is 0 Å². The third kappa shape index (κ3) is 4.01. The van der Waals surface area contributed by atoms with Crippen molar-refractivity contribution in [3.63, 3.8) is 0 Å². The van der Waals surface area contributed by atoms with Crippen LogP contribution in [0.4, 0.5) is 0 Å². The second kappa shape index (κ2) is 6.83. The fourth-order valence-electron chi connectivity index (χ4n) is 1.29. The molecule has 1 heterocycles. The van der Waals surface area contributed by atoms with E-state index in [2.05, 4.69) is 9.97 Å². The van der Waals surface area contributed by atoms with Gasteiger partial charge in [-0.1, -0.05) is 30.3 Å². The molecule has 0 fully saturated rings. The summed E-state index contributed by atoms with van der Waals surface area (Å²) in [5.41, 5.74) is 6.55. The minimum atomic E-state index is 0. The second-order valence-electron chi connectivity index (χ2n) is 3.29. The number of hydrogen-bond donors (Lipinski definition) is 1. The van der Waals surface area contributed by atoms with Crippen LogP contribution >= 0.6 is 12.4 Å². The summed E-state index contributed by atoms with van der Waals surface area (Å²) in [4.78, 5) is 8.14. The Balaban J connectivity index is 0.00000144. The van der Waals surface area contributed by atoms with E-state index in [1.165, 1.54) is 0 Å². The van der Waals surface area contributed by atoms with Gasteiger partial charge in [0.25, 0.3) is 0 Å². The first-order chi connectivity index (χ1) is 7.88. The number of benzene rings is 1. The smallest absolute Gasteiger partial charge is 0.216 e. The van der Waals surface area contributed by atoms with Crippen molar-refractivity contribution in [2.45, 2.75) is 13.2 Å². The van der Waals surface area contributed by atoms with Crippen LogP contribution in [0.1, 0.15) is 11.4 Å². The average Bonchev–Trinajstić information content (AvgIpc) is 2.38. The maximum Gasteiger partial charge on any atom is 0.216 e. The van der Waals surface area contributed by atoms with Gasteiger partial charge in [0.2, 0.25) is 5.88 Å². The summed E-state index contributed by atoms with van der Waals surface area (Å²) in [6.07, 6.45) is 1.65. The maximum atomic E-state index is 5.53. The molecule has 90 valence electrons. The molecule has 17 heavy (non-hydrogen) atoms. The fraction of sp³-hybridized carbons (Fsp3) is 0.167. The lowest BCUT2D eigenvalue weighted by atomic mass is 10.2. The second-order valence-corrected chi connectivity index (χ2v) is 3.29. The van der Waals surface area contributed by atoms with Gasteiger partial charge in [-0.2, -0.15) is 4.98 Å². The van der Waals surface area contributed by atoms with Gasteiger partial charge in [0.15, 0.2) is 0 Å². The van der Waals surface area contributed by atoms with Gasteiger partial charge < -0.3 is 10.5 Å². The van der Waals surface area contributed by atoms with Crippen molar-refractivity contribution in [1.82, 2.24) is 9.97 Å². The Hall–Kier alpha value is -1.65. The minimum Gasteiger partial charge on any atom is -0.473 e. The molecule has 1 aromatic heterocycles. The molecule has 0 atom stereocenters. The first-order valence-electron chi connectivity index (χ1n) is 5.07. The van der Waals surface area contributed by atoms with Crippen molar-refractivity contribution < 1.29 is 4.74 Å². The van der Waals surface area contributed by atoms with Gasteiger partial charge in [0, 0.05) is 12.3 Å². The van der Waals surface area contributed by atoms with E-state index < -0.39 is 0 Å². The summed E-state index contributed by atoms with van der Waals surface area (Å²) >= 11 is 0. The number of ether oxygens (including phenoxy) is 1. The van der Waals surface area contributed by atoms with Crippen LogP contribution in [0.3, 0.4) is 0 Å². The van der Waals surface area contributed by atoms with Crippen LogP contribution < -0.4 is 10.5 Å². The third-order valence-electron chi connectivity index (χ3n) is 2.09. The molecule has 0 spiro atoms. The SMILES string of the molecule is Cl.NCc1nccc(OCc2ccccc2)n1. The van der Waals surface area contributed by atoms with Crippen molar-refractivity contribution in [3.8, 4) is 5.88 Å². The van der Waals surface area contributed by atoms with Crippen molar-refractivity contribution >= 4 is 12.4 Å². The Kier molecular flexibility index (Phi) is 5.39. The zero-order chi connectivity index (χ0) is 11.2. The Morgan fingerprint density at radius 1 is 1.12 bits per heavy atom. The molecule has 0 saturated carbocycles. The van der Waals surface area contributed by atoms with E-state index in [9.17, 15) is 0 Å². The minimum absolute atomic E-state index is 0. The van der Waals surface area contributed by atoms with Gasteiger partial charge in [-0.3, -0.25) is 0 Å².